The van der Waals surface area contributed by atoms with E-state index in [1.165, 1.54) is 27.2 Å². The number of halogens is 1. The van der Waals surface area contributed by atoms with E-state index in [2.05, 4.69) is 24.3 Å². The summed E-state index contributed by atoms with van der Waals surface area (Å²) in [5.41, 5.74) is 6.21. The minimum atomic E-state index is -0.365. The van der Waals surface area contributed by atoms with E-state index in [1.807, 2.05) is 37.3 Å². The number of benzene rings is 3. The van der Waals surface area contributed by atoms with Crippen molar-refractivity contribution in [1.82, 2.24) is 0 Å². The van der Waals surface area contributed by atoms with Gasteiger partial charge in [0.05, 0.1) is 17.5 Å². The van der Waals surface area contributed by atoms with Crippen LogP contribution in [0.5, 0.6) is 0 Å². The number of imide groups is 1. The van der Waals surface area contributed by atoms with Crippen molar-refractivity contribution in [3.8, 4) is 0 Å². The molecule has 0 saturated carbocycles. The van der Waals surface area contributed by atoms with Gasteiger partial charge >= 0.3 is 0 Å². The Balaban J connectivity index is 1.58. The largest absolute Gasteiger partial charge is 0.274 e. The van der Waals surface area contributed by atoms with Crippen molar-refractivity contribution in [1.29, 1.82) is 0 Å². The Kier molecular flexibility index (Phi) is 3.40. The van der Waals surface area contributed by atoms with E-state index in [9.17, 15) is 9.59 Å². The highest BCUT2D eigenvalue weighted by Gasteiger charge is 2.61. The van der Waals surface area contributed by atoms with Crippen molar-refractivity contribution < 1.29 is 9.59 Å². The van der Waals surface area contributed by atoms with Gasteiger partial charge in [0, 0.05) is 16.9 Å². The molecular weight excluding hydrogens is 382 g/mol. The fraction of sp³-hybridized carbons (Fsp3) is 0.200. The van der Waals surface area contributed by atoms with Crippen molar-refractivity contribution >= 4 is 29.1 Å². The van der Waals surface area contributed by atoms with E-state index < -0.39 is 0 Å². The zero-order valence-corrected chi connectivity index (χ0v) is 16.6. The summed E-state index contributed by atoms with van der Waals surface area (Å²) in [7, 11) is 0. The Labute approximate surface area is 173 Å². The zero-order valence-electron chi connectivity index (χ0n) is 15.8. The topological polar surface area (TPSA) is 37.4 Å². The van der Waals surface area contributed by atoms with Gasteiger partial charge in [-0.05, 0) is 46.9 Å². The second-order valence-electron chi connectivity index (χ2n) is 8.21. The Morgan fingerprint density at radius 2 is 1.17 bits per heavy atom. The van der Waals surface area contributed by atoms with Crippen molar-refractivity contribution in [3.05, 3.63) is 99.6 Å². The van der Waals surface area contributed by atoms with Crippen LogP contribution in [0.4, 0.5) is 5.69 Å². The van der Waals surface area contributed by atoms with Crippen LogP contribution >= 0.6 is 11.6 Å². The van der Waals surface area contributed by atoms with Gasteiger partial charge in [-0.15, -0.1) is 0 Å². The molecule has 1 heterocycles. The van der Waals surface area contributed by atoms with Crippen LogP contribution in [0.25, 0.3) is 0 Å². The van der Waals surface area contributed by atoms with Crippen molar-refractivity contribution in [2.75, 3.05) is 4.90 Å². The van der Waals surface area contributed by atoms with Crippen LogP contribution in [-0.2, 0) is 9.59 Å². The lowest BCUT2D eigenvalue weighted by molar-refractivity contribution is -0.122. The van der Waals surface area contributed by atoms with Gasteiger partial charge < -0.3 is 0 Å². The standard InChI is InChI=1S/C25H18ClNO2/c1-13-10-11-14(26)12-19(13)27-24(28)22-20-15-6-2-3-7-16(15)21(23(22)25(27)29)18-9-5-4-8-17(18)20/h2-12,20-23H,1H3/t20?,21?,22-,23-/m1/s1. The van der Waals surface area contributed by atoms with Crippen LogP contribution in [0, 0.1) is 18.8 Å². The number of nitrogens with zero attached hydrogens (tertiary/aromatic N) is 1. The summed E-state index contributed by atoms with van der Waals surface area (Å²) in [4.78, 5) is 28.8. The maximum absolute atomic E-state index is 13.7. The third-order valence-corrected chi connectivity index (χ3v) is 7.10. The molecular formula is C25H18ClNO2. The molecule has 4 aliphatic rings. The van der Waals surface area contributed by atoms with Gasteiger partial charge in [-0.1, -0.05) is 66.2 Å². The molecule has 0 N–H and O–H groups in total. The smallest absolute Gasteiger partial charge is 0.238 e. The molecule has 29 heavy (non-hydrogen) atoms. The van der Waals surface area contributed by atoms with Crippen molar-refractivity contribution in [2.24, 2.45) is 11.8 Å². The highest BCUT2D eigenvalue weighted by atomic mass is 35.5. The summed E-state index contributed by atoms with van der Waals surface area (Å²) in [6.45, 7) is 1.91. The lowest BCUT2D eigenvalue weighted by atomic mass is 9.55. The Morgan fingerprint density at radius 3 is 1.62 bits per heavy atom. The monoisotopic (exact) mass is 399 g/mol. The van der Waals surface area contributed by atoms with E-state index >= 15 is 0 Å². The summed E-state index contributed by atoms with van der Waals surface area (Å²) in [5.74, 6) is -1.11. The molecule has 3 aromatic rings. The second-order valence-corrected chi connectivity index (χ2v) is 8.64. The number of aryl methyl sites for hydroxylation is 1. The summed E-state index contributed by atoms with van der Waals surface area (Å²) in [6, 6.07) is 21.9. The molecule has 0 radical (unpaired) electrons. The first-order chi connectivity index (χ1) is 14.1. The highest BCUT2D eigenvalue weighted by molar-refractivity contribution is 6.31. The molecule has 7 rings (SSSR count). The lowest BCUT2D eigenvalue weighted by Crippen LogP contribution is -2.41. The second kappa shape index (κ2) is 5.80. The van der Waals surface area contributed by atoms with Gasteiger partial charge in [-0.25, -0.2) is 4.90 Å². The first kappa shape index (κ1) is 17.0. The quantitative estimate of drug-likeness (QED) is 0.537. The molecule has 0 spiro atoms. The fourth-order valence-electron chi connectivity index (χ4n) is 5.74. The summed E-state index contributed by atoms with van der Waals surface area (Å²) in [5, 5.41) is 0.524. The van der Waals surface area contributed by atoms with E-state index in [0.29, 0.717) is 10.7 Å². The van der Waals surface area contributed by atoms with Gasteiger partial charge in [0.15, 0.2) is 0 Å². The van der Waals surface area contributed by atoms with Crippen molar-refractivity contribution in [3.63, 3.8) is 0 Å². The molecule has 2 amide bonds. The third-order valence-electron chi connectivity index (χ3n) is 6.86. The summed E-state index contributed by atoms with van der Waals surface area (Å²) in [6.07, 6.45) is 0. The average molecular weight is 400 g/mol. The number of anilines is 1. The predicted molar refractivity (Wildman–Crippen MR) is 112 cm³/mol. The maximum Gasteiger partial charge on any atom is 0.238 e. The minimum absolute atomic E-state index is 0.0849. The number of carbonyl (C=O) groups excluding carboxylic acids is 2. The zero-order chi connectivity index (χ0) is 19.9. The van der Waals surface area contributed by atoms with E-state index in [-0.39, 0.29) is 35.5 Å². The first-order valence-corrected chi connectivity index (χ1v) is 10.3. The number of carbonyl (C=O) groups is 2. The predicted octanol–water partition coefficient (Wildman–Crippen LogP) is 5.05. The molecule has 142 valence electrons. The van der Waals surface area contributed by atoms with E-state index in [4.69, 9.17) is 11.6 Å². The number of hydrogen-bond donors (Lipinski definition) is 0. The van der Waals surface area contributed by atoms with Crippen LogP contribution in [0.1, 0.15) is 39.7 Å². The number of amides is 2. The molecule has 4 heteroatoms. The normalized spacial score (nSPS) is 26.3. The van der Waals surface area contributed by atoms with Gasteiger partial charge in [-0.2, -0.15) is 0 Å². The molecule has 1 saturated heterocycles. The molecule has 1 fully saturated rings. The Hall–Kier alpha value is -2.91. The highest BCUT2D eigenvalue weighted by Crippen LogP contribution is 2.61. The fourth-order valence-corrected chi connectivity index (χ4v) is 5.90. The van der Waals surface area contributed by atoms with Crippen LogP contribution in [0.2, 0.25) is 5.02 Å². The van der Waals surface area contributed by atoms with Gasteiger partial charge in [0.1, 0.15) is 0 Å². The number of rotatable bonds is 1. The summed E-state index contributed by atoms with van der Waals surface area (Å²) < 4.78 is 0. The third kappa shape index (κ3) is 2.09. The lowest BCUT2D eigenvalue weighted by Gasteiger charge is -2.45. The minimum Gasteiger partial charge on any atom is -0.274 e. The number of hydrogen-bond acceptors (Lipinski definition) is 2. The first-order valence-electron chi connectivity index (χ1n) is 9.89. The van der Waals surface area contributed by atoms with Crippen LogP contribution in [-0.4, -0.2) is 11.8 Å². The molecule has 0 aromatic heterocycles. The molecule has 3 aliphatic carbocycles. The Morgan fingerprint density at radius 1 is 0.724 bits per heavy atom. The molecule has 0 unspecified atom stereocenters. The maximum atomic E-state index is 13.7. The SMILES string of the molecule is Cc1ccc(Cl)cc1N1C(=O)[C@@H]2C3c4ccccc4C(c4ccccc43)[C@H]2C1=O. The van der Waals surface area contributed by atoms with Crippen molar-refractivity contribution in [2.45, 2.75) is 18.8 Å². The molecule has 3 aromatic carbocycles. The molecule has 1 aliphatic heterocycles. The van der Waals surface area contributed by atoms with Crippen LogP contribution in [0.15, 0.2) is 66.7 Å². The summed E-state index contributed by atoms with van der Waals surface area (Å²) >= 11 is 6.21. The van der Waals surface area contributed by atoms with Crippen LogP contribution in [0.3, 0.4) is 0 Å². The Bertz CT molecular complexity index is 1100. The molecule has 2 bridgehead atoms. The van der Waals surface area contributed by atoms with Gasteiger partial charge in [-0.3, -0.25) is 9.59 Å². The molecule has 3 nitrogen and oxygen atoms in total. The van der Waals surface area contributed by atoms with Crippen LogP contribution < -0.4 is 4.90 Å². The van der Waals surface area contributed by atoms with E-state index in [1.54, 1.807) is 12.1 Å². The van der Waals surface area contributed by atoms with Gasteiger partial charge in [0.2, 0.25) is 11.8 Å². The van der Waals surface area contributed by atoms with E-state index in [0.717, 1.165) is 5.56 Å². The molecule has 2 atom stereocenters. The van der Waals surface area contributed by atoms with Gasteiger partial charge in [0.25, 0.3) is 0 Å². The average Bonchev–Trinajstić information content (AvgIpc) is 3.01.